The van der Waals surface area contributed by atoms with Gasteiger partial charge in [-0.2, -0.15) is 5.10 Å². The number of halogens is 1. The van der Waals surface area contributed by atoms with Crippen LogP contribution in [0.5, 0.6) is 0 Å². The summed E-state index contributed by atoms with van der Waals surface area (Å²) in [6.07, 6.45) is 2.32. The van der Waals surface area contributed by atoms with E-state index in [9.17, 15) is 23.3 Å². The van der Waals surface area contributed by atoms with Gasteiger partial charge < -0.3 is 9.64 Å². The van der Waals surface area contributed by atoms with Crippen LogP contribution in [-0.2, 0) is 19.6 Å². The Hall–Kier alpha value is -2.78. The van der Waals surface area contributed by atoms with Crippen molar-refractivity contribution in [3.8, 4) is 0 Å². The van der Waals surface area contributed by atoms with Crippen LogP contribution in [0, 0.1) is 13.7 Å². The van der Waals surface area contributed by atoms with Gasteiger partial charge in [0.1, 0.15) is 6.54 Å². The number of nitrogens with one attached hydrogen (secondary N) is 1. The molecule has 1 N–H and O–H groups in total. The van der Waals surface area contributed by atoms with Crippen LogP contribution in [0.25, 0.3) is 0 Å². The molecular formula is C20H22IN5O6S. The minimum Gasteiger partial charge on any atom is -0.378 e. The standard InChI is InChI=1S/C20H22IN5O6S/c1-33(30,31)25(17-4-2-16(21)3-5-17)14-20(27)23-22-13-15-12-18(26(28)29)6-7-19(15)24-8-10-32-11-9-24/h2-7,12-13H,8-11,14H2,1H3,(H,23,27)/b22-13-. The lowest BCUT2D eigenvalue weighted by Gasteiger charge is -2.29. The normalized spacial score (nSPS) is 14.3. The quantitative estimate of drug-likeness (QED) is 0.216. The summed E-state index contributed by atoms with van der Waals surface area (Å²) in [4.78, 5) is 25.1. The molecule has 0 unspecified atom stereocenters. The number of hydrazone groups is 1. The summed E-state index contributed by atoms with van der Waals surface area (Å²) in [6.45, 7) is 1.82. The molecule has 1 saturated heterocycles. The van der Waals surface area contributed by atoms with Gasteiger partial charge >= 0.3 is 0 Å². The van der Waals surface area contributed by atoms with Crippen LogP contribution in [0.2, 0.25) is 0 Å². The van der Waals surface area contributed by atoms with Crippen LogP contribution >= 0.6 is 22.6 Å². The van der Waals surface area contributed by atoms with E-state index in [1.807, 2.05) is 4.90 Å². The van der Waals surface area contributed by atoms with Gasteiger partial charge in [0.05, 0.1) is 36.3 Å². The van der Waals surface area contributed by atoms with E-state index in [2.05, 4.69) is 33.1 Å². The highest BCUT2D eigenvalue weighted by Crippen LogP contribution is 2.25. The smallest absolute Gasteiger partial charge is 0.270 e. The molecule has 2 aromatic rings. The number of ether oxygens (including phenoxy) is 1. The number of carbonyl (C=O) groups is 1. The zero-order valence-corrected chi connectivity index (χ0v) is 20.7. The van der Waals surface area contributed by atoms with Gasteiger partial charge in [-0.1, -0.05) is 0 Å². The van der Waals surface area contributed by atoms with E-state index in [0.717, 1.165) is 19.8 Å². The Morgan fingerprint density at radius 1 is 1.27 bits per heavy atom. The second kappa shape index (κ2) is 10.9. The molecule has 1 aliphatic rings. The maximum absolute atomic E-state index is 12.4. The van der Waals surface area contributed by atoms with Crippen molar-refractivity contribution in [1.82, 2.24) is 5.43 Å². The molecule has 3 rings (SSSR count). The molecule has 0 saturated carbocycles. The predicted octanol–water partition coefficient (Wildman–Crippen LogP) is 1.95. The topological polar surface area (TPSA) is 134 Å². The van der Waals surface area contributed by atoms with Crippen LogP contribution < -0.4 is 14.6 Å². The molecule has 0 aromatic heterocycles. The molecule has 1 amide bonds. The molecule has 1 fully saturated rings. The first-order valence-corrected chi connectivity index (χ1v) is 12.7. The highest BCUT2D eigenvalue weighted by Gasteiger charge is 2.21. The van der Waals surface area contributed by atoms with Gasteiger partial charge in [-0.05, 0) is 52.9 Å². The number of hydrogen-bond donors (Lipinski definition) is 1. The SMILES string of the molecule is CS(=O)(=O)N(CC(=O)N/N=C\c1cc([N+](=O)[O-])ccc1N1CCOCC1)c1ccc(I)cc1. The molecule has 33 heavy (non-hydrogen) atoms. The highest BCUT2D eigenvalue weighted by atomic mass is 127. The van der Waals surface area contributed by atoms with Crippen molar-refractivity contribution in [2.75, 3.05) is 48.3 Å². The Morgan fingerprint density at radius 3 is 2.55 bits per heavy atom. The van der Waals surface area contributed by atoms with Crippen LogP contribution in [-0.4, -0.2) is 64.6 Å². The molecule has 176 valence electrons. The Kier molecular flexibility index (Phi) is 8.20. The van der Waals surface area contributed by atoms with E-state index in [-0.39, 0.29) is 5.69 Å². The van der Waals surface area contributed by atoms with Gasteiger partial charge in [-0.3, -0.25) is 19.2 Å². The second-order valence-electron chi connectivity index (χ2n) is 7.14. The third-order valence-electron chi connectivity index (χ3n) is 4.77. The minimum atomic E-state index is -3.71. The minimum absolute atomic E-state index is 0.109. The fourth-order valence-corrected chi connectivity index (χ4v) is 4.41. The number of nitrogens with zero attached hydrogens (tertiary/aromatic N) is 4. The summed E-state index contributed by atoms with van der Waals surface area (Å²) in [5.74, 6) is -0.659. The van der Waals surface area contributed by atoms with Gasteiger partial charge in [0.2, 0.25) is 10.0 Å². The molecule has 1 aliphatic heterocycles. The van der Waals surface area contributed by atoms with E-state index in [0.29, 0.717) is 37.6 Å². The lowest BCUT2D eigenvalue weighted by Crippen LogP contribution is -2.39. The third kappa shape index (κ3) is 6.85. The Balaban J connectivity index is 1.76. The molecule has 0 aliphatic carbocycles. The molecule has 13 heteroatoms. The van der Waals surface area contributed by atoms with Crippen LogP contribution in [0.15, 0.2) is 47.6 Å². The fourth-order valence-electron chi connectivity index (χ4n) is 3.20. The Bertz CT molecular complexity index is 1150. The molecule has 0 radical (unpaired) electrons. The summed E-state index contributed by atoms with van der Waals surface area (Å²) in [7, 11) is -3.71. The number of hydrogen-bond acceptors (Lipinski definition) is 8. The number of amides is 1. The van der Waals surface area contributed by atoms with E-state index < -0.39 is 27.4 Å². The average molecular weight is 587 g/mol. The maximum atomic E-state index is 12.4. The number of nitro groups is 1. The van der Waals surface area contributed by atoms with Crippen LogP contribution in [0.3, 0.4) is 0 Å². The van der Waals surface area contributed by atoms with Gasteiger partial charge in [-0.15, -0.1) is 0 Å². The van der Waals surface area contributed by atoms with Crippen molar-refractivity contribution in [3.05, 3.63) is 61.7 Å². The van der Waals surface area contributed by atoms with E-state index in [1.54, 1.807) is 30.3 Å². The summed E-state index contributed by atoms with van der Waals surface area (Å²) in [5.41, 5.74) is 3.72. The Morgan fingerprint density at radius 2 is 1.94 bits per heavy atom. The lowest BCUT2D eigenvalue weighted by molar-refractivity contribution is -0.384. The van der Waals surface area contributed by atoms with Crippen molar-refractivity contribution in [2.24, 2.45) is 5.10 Å². The molecule has 2 aromatic carbocycles. The molecule has 0 spiro atoms. The molecule has 1 heterocycles. The van der Waals surface area contributed by atoms with Gasteiger partial charge in [-0.25, -0.2) is 13.8 Å². The van der Waals surface area contributed by atoms with Crippen molar-refractivity contribution in [1.29, 1.82) is 0 Å². The number of benzene rings is 2. The first-order chi connectivity index (χ1) is 15.6. The summed E-state index contributed by atoms with van der Waals surface area (Å²) >= 11 is 2.10. The zero-order chi connectivity index (χ0) is 24.0. The maximum Gasteiger partial charge on any atom is 0.270 e. The molecule has 11 nitrogen and oxygen atoms in total. The monoisotopic (exact) mass is 587 g/mol. The van der Waals surface area contributed by atoms with E-state index in [4.69, 9.17) is 4.74 Å². The van der Waals surface area contributed by atoms with E-state index >= 15 is 0 Å². The fraction of sp³-hybridized carbons (Fsp3) is 0.300. The summed E-state index contributed by atoms with van der Waals surface area (Å²) in [5, 5.41) is 15.1. The zero-order valence-electron chi connectivity index (χ0n) is 17.7. The number of nitro benzene ring substituents is 1. The lowest BCUT2D eigenvalue weighted by atomic mass is 10.1. The number of sulfonamides is 1. The first kappa shape index (κ1) is 24.9. The van der Waals surface area contributed by atoms with Crippen molar-refractivity contribution < 1.29 is 22.9 Å². The average Bonchev–Trinajstić information content (AvgIpc) is 2.78. The number of morpholine rings is 1. The van der Waals surface area contributed by atoms with Crippen LogP contribution in [0.4, 0.5) is 17.1 Å². The van der Waals surface area contributed by atoms with Crippen molar-refractivity contribution >= 4 is 61.8 Å². The Labute approximate surface area is 204 Å². The predicted molar refractivity (Wildman–Crippen MR) is 133 cm³/mol. The highest BCUT2D eigenvalue weighted by molar-refractivity contribution is 14.1. The van der Waals surface area contributed by atoms with Crippen LogP contribution in [0.1, 0.15) is 5.56 Å². The molecule has 0 bridgehead atoms. The summed E-state index contributed by atoms with van der Waals surface area (Å²) in [6, 6.07) is 11.1. The van der Waals surface area contributed by atoms with Crippen molar-refractivity contribution in [3.63, 3.8) is 0 Å². The number of carbonyl (C=O) groups excluding carboxylic acids is 1. The van der Waals surface area contributed by atoms with E-state index in [1.165, 1.54) is 18.3 Å². The second-order valence-corrected chi connectivity index (χ2v) is 10.3. The third-order valence-corrected chi connectivity index (χ3v) is 6.63. The number of anilines is 2. The van der Waals surface area contributed by atoms with Gasteiger partial charge in [0.15, 0.2) is 0 Å². The largest absolute Gasteiger partial charge is 0.378 e. The van der Waals surface area contributed by atoms with Crippen molar-refractivity contribution in [2.45, 2.75) is 0 Å². The number of rotatable bonds is 8. The first-order valence-electron chi connectivity index (χ1n) is 9.81. The molecule has 0 atom stereocenters. The molecular weight excluding hydrogens is 565 g/mol. The summed E-state index contributed by atoms with van der Waals surface area (Å²) < 4.78 is 31.6. The number of non-ortho nitro benzene ring substituents is 1. The van der Waals surface area contributed by atoms with Gasteiger partial charge in [0, 0.05) is 40.0 Å². The van der Waals surface area contributed by atoms with Gasteiger partial charge in [0.25, 0.3) is 11.6 Å².